The second kappa shape index (κ2) is 4.68. The van der Waals surface area contributed by atoms with E-state index in [1.807, 2.05) is 0 Å². The monoisotopic (exact) mass is 275 g/mol. The molecule has 1 aliphatic carbocycles. The molecule has 106 valence electrons. The summed E-state index contributed by atoms with van der Waals surface area (Å²) in [6, 6.07) is 3.92. The molecule has 3 N–H and O–H groups in total. The maximum atomic E-state index is 13.1. The molecule has 2 unspecified atom stereocenters. The molecule has 0 heterocycles. The first-order valence-electron chi connectivity index (χ1n) is 6.07. The van der Waals surface area contributed by atoms with Gasteiger partial charge in [0, 0.05) is 6.04 Å². The van der Waals surface area contributed by atoms with Crippen LogP contribution in [0.5, 0.6) is 5.75 Å². The minimum absolute atomic E-state index is 0.0736. The van der Waals surface area contributed by atoms with E-state index < -0.39 is 17.8 Å². The van der Waals surface area contributed by atoms with Gasteiger partial charge >= 0.3 is 6.18 Å². The summed E-state index contributed by atoms with van der Waals surface area (Å²) in [6.07, 6.45) is -2.97. The summed E-state index contributed by atoms with van der Waals surface area (Å²) in [4.78, 5) is 0. The van der Waals surface area contributed by atoms with Gasteiger partial charge in [-0.15, -0.1) is 0 Å². The topological polar surface area (TPSA) is 55.5 Å². The van der Waals surface area contributed by atoms with E-state index in [-0.39, 0.29) is 11.7 Å². The zero-order valence-electron chi connectivity index (χ0n) is 10.4. The normalized spacial score (nSPS) is 20.7. The van der Waals surface area contributed by atoms with Crippen LogP contribution in [0.4, 0.5) is 13.2 Å². The molecule has 1 aromatic rings. The van der Waals surface area contributed by atoms with Gasteiger partial charge in [-0.2, -0.15) is 13.2 Å². The fourth-order valence-corrected chi connectivity index (χ4v) is 1.87. The second-order valence-corrected chi connectivity index (χ2v) is 4.90. The van der Waals surface area contributed by atoms with Gasteiger partial charge < -0.3 is 15.6 Å². The van der Waals surface area contributed by atoms with Crippen molar-refractivity contribution in [1.82, 2.24) is 0 Å². The molecule has 1 aliphatic rings. The molecule has 2 rings (SSSR count). The molecular weight excluding hydrogens is 259 g/mol. The largest absolute Gasteiger partial charge is 0.490 e. The third-order valence-electron chi connectivity index (χ3n) is 3.19. The van der Waals surface area contributed by atoms with Crippen LogP contribution in [0.3, 0.4) is 0 Å². The van der Waals surface area contributed by atoms with Crippen LogP contribution < -0.4 is 10.5 Å². The maximum Gasteiger partial charge on any atom is 0.422 e. The van der Waals surface area contributed by atoms with Crippen LogP contribution in [0.15, 0.2) is 24.3 Å². The number of alkyl halides is 3. The lowest BCUT2D eigenvalue weighted by atomic mass is 9.87. The lowest BCUT2D eigenvalue weighted by molar-refractivity contribution is -0.272. The number of halogens is 3. The summed E-state index contributed by atoms with van der Waals surface area (Å²) in [6.45, 7) is 1.13. The van der Waals surface area contributed by atoms with Gasteiger partial charge in [0.1, 0.15) is 5.75 Å². The average molecular weight is 275 g/mol. The summed E-state index contributed by atoms with van der Waals surface area (Å²) >= 11 is 0. The zero-order chi connectivity index (χ0) is 14.3. The molecule has 1 saturated carbocycles. The molecule has 1 aromatic carbocycles. The minimum atomic E-state index is -4.85. The molecule has 6 heteroatoms. The van der Waals surface area contributed by atoms with Crippen LogP contribution in [0, 0.1) is 0 Å². The van der Waals surface area contributed by atoms with E-state index >= 15 is 0 Å². The first kappa shape index (κ1) is 14.1. The van der Waals surface area contributed by atoms with Crippen molar-refractivity contribution >= 4 is 0 Å². The molecule has 0 aliphatic heterocycles. The van der Waals surface area contributed by atoms with Crippen molar-refractivity contribution in [1.29, 1.82) is 0 Å². The smallest absolute Gasteiger partial charge is 0.422 e. The molecule has 3 nitrogen and oxygen atoms in total. The Labute approximate surface area is 109 Å². The SMILES string of the molecule is CC(N)C(O)(c1cccc(OC2CC2)c1)C(F)(F)F. The van der Waals surface area contributed by atoms with E-state index in [0.29, 0.717) is 5.75 Å². The quantitative estimate of drug-likeness (QED) is 0.886. The Kier molecular flexibility index (Phi) is 3.49. The van der Waals surface area contributed by atoms with Gasteiger partial charge in [0.15, 0.2) is 0 Å². The zero-order valence-corrected chi connectivity index (χ0v) is 10.4. The molecule has 1 fully saturated rings. The molecule has 2 atom stereocenters. The Balaban J connectivity index is 2.36. The first-order chi connectivity index (χ1) is 8.75. The number of hydrogen-bond donors (Lipinski definition) is 2. The van der Waals surface area contributed by atoms with Crippen LogP contribution in [0.1, 0.15) is 25.3 Å². The molecule has 0 spiro atoms. The lowest BCUT2D eigenvalue weighted by Gasteiger charge is -2.34. The first-order valence-corrected chi connectivity index (χ1v) is 6.07. The van der Waals surface area contributed by atoms with E-state index in [0.717, 1.165) is 19.8 Å². The second-order valence-electron chi connectivity index (χ2n) is 4.90. The summed E-state index contributed by atoms with van der Waals surface area (Å²) < 4.78 is 44.7. The van der Waals surface area contributed by atoms with Crippen molar-refractivity contribution in [2.45, 2.75) is 43.7 Å². The van der Waals surface area contributed by atoms with Crippen LogP contribution in [-0.2, 0) is 5.60 Å². The van der Waals surface area contributed by atoms with E-state index in [1.54, 1.807) is 6.07 Å². The van der Waals surface area contributed by atoms with Gasteiger partial charge in [-0.05, 0) is 37.5 Å². The van der Waals surface area contributed by atoms with Crippen molar-refractivity contribution in [3.8, 4) is 5.75 Å². The van der Waals surface area contributed by atoms with E-state index in [2.05, 4.69) is 0 Å². The predicted octanol–water partition coefficient (Wildman–Crippen LogP) is 2.32. The molecule has 0 aromatic heterocycles. The highest BCUT2D eigenvalue weighted by Crippen LogP contribution is 2.42. The van der Waals surface area contributed by atoms with Crippen LogP contribution in [-0.4, -0.2) is 23.4 Å². The standard InChI is InChI=1S/C13H16F3NO2/c1-8(17)12(18,13(14,15)16)9-3-2-4-11(7-9)19-10-5-6-10/h2-4,7-8,10,18H,5-6,17H2,1H3. The molecule has 0 bridgehead atoms. The van der Waals surface area contributed by atoms with E-state index in [4.69, 9.17) is 10.5 Å². The summed E-state index contributed by atoms with van der Waals surface area (Å²) in [5.41, 5.74) is 1.97. The Hall–Kier alpha value is -1.27. The molecule has 19 heavy (non-hydrogen) atoms. The molecule has 0 saturated heterocycles. The number of nitrogens with two attached hydrogens (primary N) is 1. The third-order valence-corrected chi connectivity index (χ3v) is 3.19. The van der Waals surface area contributed by atoms with Crippen LogP contribution in [0.2, 0.25) is 0 Å². The Morgan fingerprint density at radius 3 is 2.47 bits per heavy atom. The number of ether oxygens (including phenoxy) is 1. The summed E-state index contributed by atoms with van der Waals surface area (Å²) in [7, 11) is 0. The highest BCUT2D eigenvalue weighted by molar-refractivity contribution is 5.35. The fourth-order valence-electron chi connectivity index (χ4n) is 1.87. The number of benzene rings is 1. The van der Waals surface area contributed by atoms with Gasteiger partial charge in [-0.25, -0.2) is 0 Å². The van der Waals surface area contributed by atoms with Crippen molar-refractivity contribution in [3.63, 3.8) is 0 Å². The summed E-state index contributed by atoms with van der Waals surface area (Å²) in [5.74, 6) is 0.323. The van der Waals surface area contributed by atoms with Crippen molar-refractivity contribution in [2.24, 2.45) is 5.73 Å². The van der Waals surface area contributed by atoms with Crippen molar-refractivity contribution in [2.75, 3.05) is 0 Å². The van der Waals surface area contributed by atoms with E-state index in [9.17, 15) is 18.3 Å². The van der Waals surface area contributed by atoms with Gasteiger partial charge in [0.2, 0.25) is 5.60 Å². The minimum Gasteiger partial charge on any atom is -0.490 e. The fraction of sp³-hybridized carbons (Fsp3) is 0.538. The highest BCUT2D eigenvalue weighted by Gasteiger charge is 2.57. The Morgan fingerprint density at radius 1 is 1.37 bits per heavy atom. The maximum absolute atomic E-state index is 13.1. The Morgan fingerprint density at radius 2 is 2.00 bits per heavy atom. The van der Waals surface area contributed by atoms with Gasteiger partial charge in [0.25, 0.3) is 0 Å². The van der Waals surface area contributed by atoms with Crippen LogP contribution >= 0.6 is 0 Å². The van der Waals surface area contributed by atoms with Crippen LogP contribution in [0.25, 0.3) is 0 Å². The average Bonchev–Trinajstić information content (AvgIpc) is 3.10. The predicted molar refractivity (Wildman–Crippen MR) is 63.7 cm³/mol. The number of hydrogen-bond acceptors (Lipinski definition) is 3. The third kappa shape index (κ3) is 2.69. The van der Waals surface area contributed by atoms with Crippen molar-refractivity contribution in [3.05, 3.63) is 29.8 Å². The Bertz CT molecular complexity index is 457. The number of aliphatic hydroxyl groups is 1. The van der Waals surface area contributed by atoms with Crippen molar-refractivity contribution < 1.29 is 23.0 Å². The molecule has 0 amide bonds. The molecular formula is C13H16F3NO2. The van der Waals surface area contributed by atoms with Gasteiger partial charge in [-0.3, -0.25) is 0 Å². The lowest BCUT2D eigenvalue weighted by Crippen LogP contribution is -2.54. The number of rotatable bonds is 4. The van der Waals surface area contributed by atoms with E-state index in [1.165, 1.54) is 18.2 Å². The summed E-state index contributed by atoms with van der Waals surface area (Å²) in [5, 5.41) is 9.97. The van der Waals surface area contributed by atoms with Gasteiger partial charge in [0.05, 0.1) is 6.10 Å². The van der Waals surface area contributed by atoms with Gasteiger partial charge in [-0.1, -0.05) is 12.1 Å². The molecule has 0 radical (unpaired) electrons. The highest BCUT2D eigenvalue weighted by atomic mass is 19.4.